The highest BCUT2D eigenvalue weighted by atomic mass is 16.1. The first-order valence-corrected chi connectivity index (χ1v) is 7.94. The molecule has 3 heteroatoms. The second-order valence-electron chi connectivity index (χ2n) is 7.91. The molecule has 2 saturated carbocycles. The first-order valence-electron chi connectivity index (χ1n) is 7.94. The Bertz CT molecular complexity index is 374. The highest BCUT2D eigenvalue weighted by molar-refractivity contribution is 5.76. The predicted octanol–water partition coefficient (Wildman–Crippen LogP) is 2.46. The van der Waals surface area contributed by atoms with Gasteiger partial charge in [-0.3, -0.25) is 4.79 Å². The molecule has 1 aliphatic heterocycles. The van der Waals surface area contributed by atoms with Gasteiger partial charge < -0.3 is 10.6 Å². The molecule has 1 heterocycles. The van der Waals surface area contributed by atoms with Crippen LogP contribution in [0.3, 0.4) is 0 Å². The number of hydrogen-bond acceptors (Lipinski definition) is 2. The highest BCUT2D eigenvalue weighted by Crippen LogP contribution is 2.62. The maximum absolute atomic E-state index is 11.7. The zero-order chi connectivity index (χ0) is 13.7. The third kappa shape index (κ3) is 2.20. The number of carbonyl (C=O) groups excluding carboxylic acids is 1. The Balaban J connectivity index is 1.73. The Morgan fingerprint density at radius 2 is 2.05 bits per heavy atom. The molecule has 0 spiro atoms. The van der Waals surface area contributed by atoms with Gasteiger partial charge in [-0.1, -0.05) is 20.8 Å². The van der Waals surface area contributed by atoms with Crippen LogP contribution in [0.2, 0.25) is 0 Å². The second-order valence-corrected chi connectivity index (χ2v) is 7.91. The molecule has 3 aliphatic rings. The number of nitrogens with one attached hydrogen (secondary N) is 2. The minimum Gasteiger partial charge on any atom is -0.356 e. The number of carbonyl (C=O) groups is 1. The van der Waals surface area contributed by atoms with Gasteiger partial charge in [-0.05, 0) is 48.9 Å². The van der Waals surface area contributed by atoms with E-state index in [2.05, 4.69) is 31.4 Å². The zero-order valence-corrected chi connectivity index (χ0v) is 12.6. The summed E-state index contributed by atoms with van der Waals surface area (Å²) in [4.78, 5) is 11.7. The van der Waals surface area contributed by atoms with Gasteiger partial charge in [-0.2, -0.15) is 0 Å². The summed E-state index contributed by atoms with van der Waals surface area (Å²) in [7, 11) is 0. The molecule has 0 aromatic heterocycles. The minimum atomic E-state index is 0.223. The van der Waals surface area contributed by atoms with Crippen LogP contribution in [0, 0.1) is 16.7 Å². The summed E-state index contributed by atoms with van der Waals surface area (Å²) < 4.78 is 0. The van der Waals surface area contributed by atoms with Crippen molar-refractivity contribution in [3.8, 4) is 0 Å². The molecule has 0 aromatic carbocycles. The smallest absolute Gasteiger partial charge is 0.221 e. The zero-order valence-electron chi connectivity index (χ0n) is 12.6. The number of hydrogen-bond donors (Lipinski definition) is 2. The lowest BCUT2D eigenvalue weighted by molar-refractivity contribution is -0.121. The molecule has 3 rings (SSSR count). The number of rotatable bonds is 2. The fourth-order valence-corrected chi connectivity index (χ4v) is 5.07. The maximum Gasteiger partial charge on any atom is 0.221 e. The first-order chi connectivity index (χ1) is 8.92. The van der Waals surface area contributed by atoms with Crippen molar-refractivity contribution in [3.05, 3.63) is 0 Å². The summed E-state index contributed by atoms with van der Waals surface area (Å²) in [6.07, 6.45) is 7.02. The number of amides is 1. The van der Waals surface area contributed by atoms with E-state index in [4.69, 9.17) is 0 Å². The van der Waals surface area contributed by atoms with Crippen molar-refractivity contribution in [2.24, 2.45) is 16.7 Å². The van der Waals surface area contributed by atoms with Crippen molar-refractivity contribution in [2.45, 2.75) is 71.4 Å². The summed E-state index contributed by atoms with van der Waals surface area (Å²) in [5, 5.41) is 6.87. The van der Waals surface area contributed by atoms with Crippen LogP contribution in [0.5, 0.6) is 0 Å². The van der Waals surface area contributed by atoms with E-state index in [1.54, 1.807) is 0 Å². The van der Waals surface area contributed by atoms with Crippen LogP contribution in [-0.2, 0) is 4.79 Å². The monoisotopic (exact) mass is 264 g/mol. The molecule has 4 unspecified atom stereocenters. The highest BCUT2D eigenvalue weighted by Gasteiger charge is 2.59. The fourth-order valence-electron chi connectivity index (χ4n) is 5.07. The van der Waals surface area contributed by atoms with Gasteiger partial charge in [0.1, 0.15) is 0 Å². The molecule has 108 valence electrons. The van der Waals surface area contributed by atoms with Crippen molar-refractivity contribution in [2.75, 3.05) is 6.54 Å². The van der Waals surface area contributed by atoms with Gasteiger partial charge >= 0.3 is 0 Å². The molecule has 2 N–H and O–H groups in total. The maximum atomic E-state index is 11.7. The van der Waals surface area contributed by atoms with E-state index in [9.17, 15) is 4.79 Å². The second kappa shape index (κ2) is 4.47. The molecule has 3 fully saturated rings. The lowest BCUT2D eigenvalue weighted by Gasteiger charge is -2.45. The third-order valence-electron chi connectivity index (χ3n) is 6.16. The Kier molecular flexibility index (Phi) is 3.16. The quantitative estimate of drug-likeness (QED) is 0.804. The summed E-state index contributed by atoms with van der Waals surface area (Å²) in [5.74, 6) is 1.09. The normalized spacial score (nSPS) is 45.0. The first kappa shape index (κ1) is 13.4. The van der Waals surface area contributed by atoms with E-state index in [1.807, 2.05) is 0 Å². The predicted molar refractivity (Wildman–Crippen MR) is 76.8 cm³/mol. The molecular weight excluding hydrogens is 236 g/mol. The Morgan fingerprint density at radius 3 is 2.74 bits per heavy atom. The van der Waals surface area contributed by atoms with Gasteiger partial charge in [0.2, 0.25) is 5.91 Å². The van der Waals surface area contributed by atoms with Crippen LogP contribution in [0.25, 0.3) is 0 Å². The van der Waals surface area contributed by atoms with Crippen molar-refractivity contribution in [3.63, 3.8) is 0 Å². The molecule has 1 saturated heterocycles. The molecule has 3 nitrogen and oxygen atoms in total. The standard InChI is InChI=1S/C16H28N2O/c1-15(2)11-6-7-16(3,10-11)14(15)18-12-5-4-8-17-13(19)9-12/h11-12,14,18H,4-10H2,1-3H3,(H,17,19). The summed E-state index contributed by atoms with van der Waals surface area (Å²) in [6.45, 7) is 8.16. The van der Waals surface area contributed by atoms with E-state index < -0.39 is 0 Å². The summed E-state index contributed by atoms with van der Waals surface area (Å²) >= 11 is 0. The molecule has 2 aliphatic carbocycles. The average molecular weight is 264 g/mol. The minimum absolute atomic E-state index is 0.223. The fraction of sp³-hybridized carbons (Fsp3) is 0.938. The van der Waals surface area contributed by atoms with Crippen LogP contribution in [0.4, 0.5) is 0 Å². The Labute approximate surface area is 116 Å². The van der Waals surface area contributed by atoms with Crippen molar-refractivity contribution in [1.82, 2.24) is 10.6 Å². The summed E-state index contributed by atoms with van der Waals surface area (Å²) in [6, 6.07) is 0.956. The lowest BCUT2D eigenvalue weighted by atomic mass is 9.68. The van der Waals surface area contributed by atoms with Gasteiger partial charge in [0.25, 0.3) is 0 Å². The van der Waals surface area contributed by atoms with Crippen molar-refractivity contribution >= 4 is 5.91 Å². The van der Waals surface area contributed by atoms with Gasteiger partial charge in [0.05, 0.1) is 0 Å². The van der Waals surface area contributed by atoms with Gasteiger partial charge in [0.15, 0.2) is 0 Å². The topological polar surface area (TPSA) is 41.1 Å². The van der Waals surface area contributed by atoms with Gasteiger partial charge in [-0.25, -0.2) is 0 Å². The van der Waals surface area contributed by atoms with E-state index >= 15 is 0 Å². The van der Waals surface area contributed by atoms with Crippen LogP contribution in [-0.4, -0.2) is 24.5 Å². The Morgan fingerprint density at radius 1 is 1.26 bits per heavy atom. The average Bonchev–Trinajstić information content (AvgIpc) is 2.70. The molecule has 19 heavy (non-hydrogen) atoms. The van der Waals surface area contributed by atoms with E-state index in [0.29, 0.717) is 29.3 Å². The van der Waals surface area contributed by atoms with Crippen molar-refractivity contribution in [1.29, 1.82) is 0 Å². The number of fused-ring (bicyclic) bond motifs is 2. The van der Waals surface area contributed by atoms with Crippen LogP contribution in [0.1, 0.15) is 59.3 Å². The van der Waals surface area contributed by atoms with Crippen LogP contribution in [0.15, 0.2) is 0 Å². The molecule has 4 atom stereocenters. The molecule has 0 aromatic rings. The van der Waals surface area contributed by atoms with E-state index in [0.717, 1.165) is 25.3 Å². The third-order valence-corrected chi connectivity index (χ3v) is 6.16. The molecule has 1 amide bonds. The summed E-state index contributed by atoms with van der Waals surface area (Å²) in [5.41, 5.74) is 0.840. The Hall–Kier alpha value is -0.570. The van der Waals surface area contributed by atoms with Crippen LogP contribution < -0.4 is 10.6 Å². The molecule has 0 radical (unpaired) electrons. The molecule has 2 bridgehead atoms. The molecular formula is C16H28N2O. The van der Waals surface area contributed by atoms with E-state index in [-0.39, 0.29) is 5.91 Å². The lowest BCUT2D eigenvalue weighted by Crippen LogP contribution is -2.54. The van der Waals surface area contributed by atoms with Gasteiger partial charge in [0, 0.05) is 25.0 Å². The van der Waals surface area contributed by atoms with E-state index in [1.165, 1.54) is 19.3 Å². The van der Waals surface area contributed by atoms with Gasteiger partial charge in [-0.15, -0.1) is 0 Å². The SMILES string of the molecule is CC12CCC(C1)C(C)(C)C2NC1CCCNC(=O)C1. The largest absolute Gasteiger partial charge is 0.356 e. The van der Waals surface area contributed by atoms with Crippen LogP contribution >= 0.6 is 0 Å². The van der Waals surface area contributed by atoms with Crippen molar-refractivity contribution < 1.29 is 4.79 Å².